The van der Waals surface area contributed by atoms with E-state index < -0.39 is 10.8 Å². The number of morpholine rings is 1. The maximum Gasteiger partial charge on any atom is 0.270 e. The molecule has 2 aromatic carbocycles. The lowest BCUT2D eigenvalue weighted by Crippen LogP contribution is -2.39. The Morgan fingerprint density at radius 1 is 1.23 bits per heavy atom. The summed E-state index contributed by atoms with van der Waals surface area (Å²) in [5.74, 6) is -0.0351. The topological polar surface area (TPSA) is 96.7 Å². The van der Waals surface area contributed by atoms with Gasteiger partial charge in [0.25, 0.3) is 11.6 Å². The van der Waals surface area contributed by atoms with Gasteiger partial charge in [-0.05, 0) is 48.3 Å². The van der Waals surface area contributed by atoms with E-state index in [1.807, 2.05) is 29.2 Å². The summed E-state index contributed by atoms with van der Waals surface area (Å²) in [6.07, 6.45) is 1.05. The van der Waals surface area contributed by atoms with Crippen molar-refractivity contribution in [3.05, 3.63) is 63.7 Å². The Hall–Kier alpha value is -3.04. The molecule has 1 amide bonds. The molecule has 0 radical (unpaired) electrons. The Morgan fingerprint density at radius 2 is 1.90 bits per heavy atom. The van der Waals surface area contributed by atoms with E-state index in [2.05, 4.69) is 24.5 Å². The summed E-state index contributed by atoms with van der Waals surface area (Å²) in [4.78, 5) is 25.6. The predicted octanol–water partition coefficient (Wildman–Crippen LogP) is 4.07. The summed E-state index contributed by atoms with van der Waals surface area (Å²) in [7, 11) is 0. The molecule has 2 aromatic rings. The van der Waals surface area contributed by atoms with Gasteiger partial charge in [-0.2, -0.15) is 0 Å². The normalized spacial score (nSPS) is 14.6. The molecule has 1 heterocycles. The zero-order valence-electron chi connectivity index (χ0n) is 17.6. The predicted molar refractivity (Wildman–Crippen MR) is 125 cm³/mol. The van der Waals surface area contributed by atoms with Crippen LogP contribution >= 0.6 is 12.2 Å². The van der Waals surface area contributed by atoms with Crippen LogP contribution in [0.15, 0.2) is 42.5 Å². The van der Waals surface area contributed by atoms with E-state index in [0.29, 0.717) is 37.9 Å². The minimum Gasteiger partial charge on any atom is -0.378 e. The Bertz CT molecular complexity index is 958. The van der Waals surface area contributed by atoms with Gasteiger partial charge in [0, 0.05) is 30.9 Å². The van der Waals surface area contributed by atoms with Crippen LogP contribution in [0, 0.1) is 10.1 Å². The molecule has 0 spiro atoms. The largest absolute Gasteiger partial charge is 0.378 e. The molecule has 164 valence electrons. The minimum atomic E-state index is -0.519. The molecule has 8 nitrogen and oxygen atoms in total. The van der Waals surface area contributed by atoms with E-state index in [-0.39, 0.29) is 16.4 Å². The number of nitro groups is 1. The fraction of sp³-hybridized carbons (Fsp3) is 0.364. The molecule has 2 N–H and O–H groups in total. The number of anilines is 2. The van der Waals surface area contributed by atoms with E-state index in [1.54, 1.807) is 6.07 Å². The van der Waals surface area contributed by atoms with E-state index >= 15 is 0 Å². The first-order valence-electron chi connectivity index (χ1n) is 10.2. The lowest BCUT2D eigenvalue weighted by Gasteiger charge is -2.30. The fourth-order valence-corrected chi connectivity index (χ4v) is 3.57. The molecule has 1 unspecified atom stereocenters. The lowest BCUT2D eigenvalue weighted by atomic mass is 9.99. The summed E-state index contributed by atoms with van der Waals surface area (Å²) >= 11 is 5.29. The first kappa shape index (κ1) is 22.6. The Morgan fingerprint density at radius 3 is 2.52 bits per heavy atom. The van der Waals surface area contributed by atoms with Crippen molar-refractivity contribution in [2.24, 2.45) is 0 Å². The first-order valence-corrected chi connectivity index (χ1v) is 10.6. The van der Waals surface area contributed by atoms with Crippen molar-refractivity contribution < 1.29 is 14.5 Å². The third kappa shape index (κ3) is 5.77. The molecule has 0 aromatic heterocycles. The van der Waals surface area contributed by atoms with Gasteiger partial charge in [-0.3, -0.25) is 20.2 Å². The van der Waals surface area contributed by atoms with Gasteiger partial charge in [0.15, 0.2) is 5.11 Å². The molecule has 0 aliphatic carbocycles. The second kappa shape index (κ2) is 10.3. The van der Waals surface area contributed by atoms with Gasteiger partial charge in [-0.1, -0.05) is 26.0 Å². The number of nitro benzene ring substituents is 1. The van der Waals surface area contributed by atoms with Crippen molar-refractivity contribution in [1.82, 2.24) is 5.32 Å². The van der Waals surface area contributed by atoms with E-state index in [1.165, 1.54) is 17.7 Å². The summed E-state index contributed by atoms with van der Waals surface area (Å²) in [6.45, 7) is 6.57. The van der Waals surface area contributed by atoms with Crippen LogP contribution in [-0.2, 0) is 4.74 Å². The fourth-order valence-electron chi connectivity index (χ4n) is 3.36. The van der Waals surface area contributed by atoms with Crippen molar-refractivity contribution in [2.75, 3.05) is 36.5 Å². The van der Waals surface area contributed by atoms with E-state index in [4.69, 9.17) is 17.0 Å². The Labute approximate surface area is 186 Å². The first-order chi connectivity index (χ1) is 14.9. The van der Waals surface area contributed by atoms with Crippen LogP contribution in [0.2, 0.25) is 0 Å². The van der Waals surface area contributed by atoms with Crippen LogP contribution < -0.4 is 15.5 Å². The molecule has 1 atom stereocenters. The van der Waals surface area contributed by atoms with E-state index in [0.717, 1.165) is 12.1 Å². The van der Waals surface area contributed by atoms with Gasteiger partial charge in [0.2, 0.25) is 0 Å². The third-order valence-corrected chi connectivity index (χ3v) is 5.57. The average molecular weight is 443 g/mol. The average Bonchev–Trinajstić information content (AvgIpc) is 2.79. The third-order valence-electron chi connectivity index (χ3n) is 5.36. The number of non-ortho nitro benzene ring substituents is 1. The SMILES string of the molecule is CCC(C)c1ccc(NC(=S)NC(=O)c2cc([N+](=O)[O-])ccc2N2CCOCC2)cc1. The second-order valence-corrected chi connectivity index (χ2v) is 7.81. The molecule has 1 aliphatic heterocycles. The van der Waals surface area contributed by atoms with Gasteiger partial charge < -0.3 is 15.0 Å². The number of hydrogen-bond acceptors (Lipinski definition) is 6. The van der Waals surface area contributed by atoms with Crippen molar-refractivity contribution in [2.45, 2.75) is 26.2 Å². The highest BCUT2D eigenvalue weighted by Gasteiger charge is 2.22. The molecule has 1 fully saturated rings. The smallest absolute Gasteiger partial charge is 0.270 e. The highest BCUT2D eigenvalue weighted by molar-refractivity contribution is 7.80. The highest BCUT2D eigenvalue weighted by atomic mass is 32.1. The summed E-state index contributed by atoms with van der Waals surface area (Å²) in [5, 5.41) is 17.0. The zero-order chi connectivity index (χ0) is 22.4. The number of nitrogens with zero attached hydrogens (tertiary/aromatic N) is 2. The highest BCUT2D eigenvalue weighted by Crippen LogP contribution is 2.26. The number of carbonyl (C=O) groups is 1. The Kier molecular flexibility index (Phi) is 7.54. The molecule has 0 saturated carbocycles. The molecule has 31 heavy (non-hydrogen) atoms. The van der Waals surface area contributed by atoms with Crippen LogP contribution in [0.4, 0.5) is 17.1 Å². The summed E-state index contributed by atoms with van der Waals surface area (Å²) in [6, 6.07) is 12.2. The van der Waals surface area contributed by atoms with Gasteiger partial charge in [-0.25, -0.2) is 0 Å². The van der Waals surface area contributed by atoms with Crippen molar-refractivity contribution in [3.63, 3.8) is 0 Å². The van der Waals surface area contributed by atoms with E-state index in [9.17, 15) is 14.9 Å². The molecule has 1 aliphatic rings. The van der Waals surface area contributed by atoms with Gasteiger partial charge in [-0.15, -0.1) is 0 Å². The molecular formula is C22H26N4O4S. The second-order valence-electron chi connectivity index (χ2n) is 7.40. The molecule has 3 rings (SSSR count). The van der Waals surface area contributed by atoms with Gasteiger partial charge in [0.05, 0.1) is 29.4 Å². The number of benzene rings is 2. The molecule has 9 heteroatoms. The number of ether oxygens (including phenoxy) is 1. The number of hydrogen-bond donors (Lipinski definition) is 2. The number of amides is 1. The quantitative estimate of drug-likeness (QED) is 0.395. The maximum absolute atomic E-state index is 12.9. The number of thiocarbonyl (C=S) groups is 1. The zero-order valence-corrected chi connectivity index (χ0v) is 18.4. The number of nitrogens with one attached hydrogen (secondary N) is 2. The lowest BCUT2D eigenvalue weighted by molar-refractivity contribution is -0.384. The van der Waals surface area contributed by atoms with Crippen LogP contribution in [0.25, 0.3) is 0 Å². The van der Waals surface area contributed by atoms with Crippen molar-refractivity contribution in [3.8, 4) is 0 Å². The number of carbonyl (C=O) groups excluding carboxylic acids is 1. The van der Waals surface area contributed by atoms with Crippen LogP contribution in [0.1, 0.15) is 42.1 Å². The molecule has 1 saturated heterocycles. The maximum atomic E-state index is 12.9. The van der Waals surface area contributed by atoms with Gasteiger partial charge >= 0.3 is 0 Å². The summed E-state index contributed by atoms with van der Waals surface area (Å²) in [5.41, 5.74) is 2.65. The van der Waals surface area contributed by atoms with Crippen LogP contribution in [0.3, 0.4) is 0 Å². The van der Waals surface area contributed by atoms with Crippen LogP contribution in [-0.4, -0.2) is 42.2 Å². The Balaban J connectivity index is 1.74. The number of rotatable bonds is 6. The van der Waals surface area contributed by atoms with Gasteiger partial charge in [0.1, 0.15) is 0 Å². The summed E-state index contributed by atoms with van der Waals surface area (Å²) < 4.78 is 5.36. The van der Waals surface area contributed by atoms with Crippen LogP contribution in [0.5, 0.6) is 0 Å². The monoisotopic (exact) mass is 442 g/mol. The minimum absolute atomic E-state index is 0.126. The standard InChI is InChI=1S/C22H26N4O4S/c1-3-15(2)16-4-6-17(7-5-16)23-22(31)24-21(27)19-14-18(26(28)29)8-9-20(19)25-10-12-30-13-11-25/h4-9,14-15H,3,10-13H2,1-2H3,(H2,23,24,27,31). The van der Waals surface area contributed by atoms with Crippen molar-refractivity contribution >= 4 is 40.3 Å². The molecule has 0 bridgehead atoms. The molecular weight excluding hydrogens is 416 g/mol. The van der Waals surface area contributed by atoms with Crippen molar-refractivity contribution in [1.29, 1.82) is 0 Å².